The number of β-amino-alcohol motifs (C(OH)–C–C–N with tert-alkyl or cyclic N) is 1. The molecular formula is C19H19ClFN2O2S+. The number of methoxy groups -OCH3 is 1. The maximum absolute atomic E-state index is 14.8. The Morgan fingerprint density at radius 3 is 2.73 bits per heavy atom. The topological polar surface area (TPSA) is 35.7 Å². The summed E-state index contributed by atoms with van der Waals surface area (Å²) in [5, 5.41) is 13.1. The normalized spacial score (nSPS) is 22.5. The third-order valence-electron chi connectivity index (χ3n) is 4.79. The molecule has 2 heterocycles. The third-order valence-corrected chi connectivity index (χ3v) is 6.23. The van der Waals surface area contributed by atoms with Gasteiger partial charge in [0.25, 0.3) is 5.72 Å². The van der Waals surface area contributed by atoms with E-state index >= 15 is 0 Å². The van der Waals surface area contributed by atoms with Crippen LogP contribution in [-0.4, -0.2) is 40.8 Å². The molecular weight excluding hydrogens is 375 g/mol. The Labute approximate surface area is 160 Å². The Bertz CT molecular complexity index is 874. The van der Waals surface area contributed by atoms with Gasteiger partial charge in [0.2, 0.25) is 0 Å². The largest absolute Gasteiger partial charge is 0.497 e. The van der Waals surface area contributed by atoms with Crippen molar-refractivity contribution in [2.24, 2.45) is 0 Å². The van der Waals surface area contributed by atoms with Gasteiger partial charge >= 0.3 is 5.17 Å². The summed E-state index contributed by atoms with van der Waals surface area (Å²) in [6.45, 7) is 0.925. The average Bonchev–Trinajstić information content (AvgIpc) is 2.96. The van der Waals surface area contributed by atoms with Crippen LogP contribution in [0.2, 0.25) is 5.02 Å². The zero-order chi connectivity index (χ0) is 18.3. The standard InChI is InChI=1S/C19H19ClFN2O2S/c1-25-15-7-8-16(17(21)11-15)19(24)12-22(14-5-3-13(20)4-6-14)18-23(19)9-2-10-26-18/h3-8,11,24H,2,9-10,12H2,1H3/q+1. The van der Waals surface area contributed by atoms with Crippen LogP contribution < -0.4 is 9.64 Å². The van der Waals surface area contributed by atoms with Crippen molar-refractivity contribution in [1.82, 2.24) is 0 Å². The minimum absolute atomic E-state index is 0.250. The third kappa shape index (κ3) is 2.86. The van der Waals surface area contributed by atoms with Gasteiger partial charge < -0.3 is 9.84 Å². The van der Waals surface area contributed by atoms with Crippen molar-refractivity contribution in [3.8, 4) is 5.75 Å². The number of amidine groups is 1. The van der Waals surface area contributed by atoms with Crippen molar-refractivity contribution in [2.45, 2.75) is 12.1 Å². The molecule has 0 amide bonds. The number of nitrogens with zero attached hydrogens (tertiary/aromatic N) is 2. The number of aliphatic hydroxyl groups is 1. The molecule has 1 N–H and O–H groups in total. The fraction of sp³-hybridized carbons (Fsp3) is 0.316. The molecule has 0 aliphatic carbocycles. The summed E-state index contributed by atoms with van der Waals surface area (Å²) in [6, 6.07) is 12.1. The number of benzene rings is 2. The van der Waals surface area contributed by atoms with Crippen molar-refractivity contribution in [3.63, 3.8) is 0 Å². The molecule has 0 fully saturated rings. The van der Waals surface area contributed by atoms with E-state index in [1.165, 1.54) is 13.2 Å². The molecule has 1 unspecified atom stereocenters. The predicted molar refractivity (Wildman–Crippen MR) is 103 cm³/mol. The van der Waals surface area contributed by atoms with Crippen LogP contribution in [0.1, 0.15) is 12.0 Å². The molecule has 1 atom stereocenters. The van der Waals surface area contributed by atoms with E-state index in [1.807, 2.05) is 33.7 Å². The van der Waals surface area contributed by atoms with Crippen LogP contribution >= 0.6 is 23.4 Å². The van der Waals surface area contributed by atoms with Crippen LogP contribution in [0.25, 0.3) is 0 Å². The summed E-state index contributed by atoms with van der Waals surface area (Å²) < 4.78 is 21.7. The summed E-state index contributed by atoms with van der Waals surface area (Å²) in [6.07, 6.45) is 0.933. The SMILES string of the molecule is COc1ccc(C2(O)CN(c3ccc(Cl)cc3)C3=[N+]2CCCS3)c(F)c1. The number of thioether (sulfide) groups is 1. The molecule has 7 heteroatoms. The highest BCUT2D eigenvalue weighted by atomic mass is 35.5. The lowest BCUT2D eigenvalue weighted by Gasteiger charge is -2.24. The van der Waals surface area contributed by atoms with Gasteiger partial charge in [-0.3, -0.25) is 0 Å². The Morgan fingerprint density at radius 2 is 2.04 bits per heavy atom. The molecule has 0 aromatic heterocycles. The van der Waals surface area contributed by atoms with Crippen molar-refractivity contribution >= 4 is 34.2 Å². The quantitative estimate of drug-likeness (QED) is 0.807. The predicted octanol–water partition coefficient (Wildman–Crippen LogP) is 3.66. The molecule has 0 saturated heterocycles. The minimum Gasteiger partial charge on any atom is -0.497 e. The molecule has 2 aromatic rings. The maximum atomic E-state index is 14.8. The first-order valence-corrected chi connectivity index (χ1v) is 9.76. The molecule has 0 bridgehead atoms. The van der Waals surface area contributed by atoms with Gasteiger partial charge in [-0.05, 0) is 54.6 Å². The van der Waals surface area contributed by atoms with Gasteiger partial charge in [0, 0.05) is 16.8 Å². The van der Waals surface area contributed by atoms with Gasteiger partial charge in [-0.1, -0.05) is 11.6 Å². The maximum Gasteiger partial charge on any atom is 0.316 e. The van der Waals surface area contributed by atoms with E-state index in [9.17, 15) is 9.50 Å². The van der Waals surface area contributed by atoms with E-state index < -0.39 is 11.5 Å². The minimum atomic E-state index is -1.43. The Kier molecular flexibility index (Phi) is 4.59. The molecule has 2 aliphatic heterocycles. The molecule has 4 nitrogen and oxygen atoms in total. The van der Waals surface area contributed by atoms with Gasteiger partial charge in [-0.2, -0.15) is 0 Å². The monoisotopic (exact) mass is 393 g/mol. The van der Waals surface area contributed by atoms with E-state index in [1.54, 1.807) is 23.9 Å². The number of halogens is 2. The van der Waals surface area contributed by atoms with Crippen LogP contribution in [0.4, 0.5) is 10.1 Å². The summed E-state index contributed by atoms with van der Waals surface area (Å²) in [5.41, 5.74) is -0.248. The summed E-state index contributed by atoms with van der Waals surface area (Å²) in [7, 11) is 1.49. The second-order valence-electron chi connectivity index (χ2n) is 6.36. The second-order valence-corrected chi connectivity index (χ2v) is 7.86. The van der Waals surface area contributed by atoms with Gasteiger partial charge in [0.1, 0.15) is 17.3 Å². The smallest absolute Gasteiger partial charge is 0.316 e. The molecule has 2 aromatic carbocycles. The van der Waals surface area contributed by atoms with Crippen LogP contribution in [0.15, 0.2) is 42.5 Å². The second kappa shape index (κ2) is 6.76. The van der Waals surface area contributed by atoms with Gasteiger partial charge in [-0.25, -0.2) is 13.9 Å². The fourth-order valence-corrected chi connectivity index (χ4v) is 4.81. The Morgan fingerprint density at radius 1 is 1.27 bits per heavy atom. The van der Waals surface area contributed by atoms with Crippen LogP contribution in [0.5, 0.6) is 5.75 Å². The zero-order valence-electron chi connectivity index (χ0n) is 14.3. The van der Waals surface area contributed by atoms with E-state index in [0.717, 1.165) is 23.0 Å². The lowest BCUT2D eigenvalue weighted by molar-refractivity contribution is -0.657. The lowest BCUT2D eigenvalue weighted by atomic mass is 10.0. The Balaban J connectivity index is 1.80. The average molecular weight is 394 g/mol. The summed E-state index contributed by atoms with van der Waals surface area (Å²) >= 11 is 7.69. The number of hydrogen-bond acceptors (Lipinski definition) is 4. The Hall–Kier alpha value is -1.76. The molecule has 0 saturated carbocycles. The van der Waals surface area contributed by atoms with Crippen LogP contribution in [0, 0.1) is 5.82 Å². The van der Waals surface area contributed by atoms with E-state index in [2.05, 4.69) is 0 Å². The van der Waals surface area contributed by atoms with E-state index in [0.29, 0.717) is 17.3 Å². The highest BCUT2D eigenvalue weighted by Crippen LogP contribution is 2.39. The number of anilines is 1. The van der Waals surface area contributed by atoms with E-state index in [-0.39, 0.29) is 12.1 Å². The molecule has 0 radical (unpaired) electrons. The molecule has 4 rings (SSSR count). The first-order valence-electron chi connectivity index (χ1n) is 8.40. The van der Waals surface area contributed by atoms with E-state index in [4.69, 9.17) is 16.3 Å². The van der Waals surface area contributed by atoms with Crippen molar-refractivity contribution in [3.05, 3.63) is 58.9 Å². The van der Waals surface area contributed by atoms with Gasteiger partial charge in [0.15, 0.2) is 6.54 Å². The highest BCUT2D eigenvalue weighted by molar-refractivity contribution is 8.13. The summed E-state index contributed by atoms with van der Waals surface area (Å²) in [5.74, 6) is 0.927. The number of ether oxygens (including phenoxy) is 1. The molecule has 2 aliphatic rings. The van der Waals surface area contributed by atoms with Crippen molar-refractivity contribution in [1.29, 1.82) is 0 Å². The summed E-state index contributed by atoms with van der Waals surface area (Å²) in [4.78, 5) is 2.03. The highest BCUT2D eigenvalue weighted by Gasteiger charge is 2.54. The number of rotatable bonds is 3. The van der Waals surface area contributed by atoms with Crippen molar-refractivity contribution < 1.29 is 18.8 Å². The first-order chi connectivity index (χ1) is 12.5. The molecule has 26 heavy (non-hydrogen) atoms. The lowest BCUT2D eigenvalue weighted by Crippen LogP contribution is -2.42. The zero-order valence-corrected chi connectivity index (χ0v) is 15.9. The van der Waals surface area contributed by atoms with Gasteiger partial charge in [-0.15, -0.1) is 0 Å². The van der Waals surface area contributed by atoms with Gasteiger partial charge in [0.05, 0.1) is 19.2 Å². The van der Waals surface area contributed by atoms with Crippen LogP contribution in [-0.2, 0) is 5.72 Å². The number of hydrogen-bond donors (Lipinski definition) is 1. The van der Waals surface area contributed by atoms with Crippen molar-refractivity contribution in [2.75, 3.05) is 30.9 Å². The molecule has 136 valence electrons. The molecule has 0 spiro atoms. The first kappa shape index (κ1) is 17.6. The fourth-order valence-electron chi connectivity index (χ4n) is 3.50. The van der Waals surface area contributed by atoms with Crippen LogP contribution in [0.3, 0.4) is 0 Å².